The standard InChI is InChI=1S/C23H26N4O4/c28-20(24-11-13-6-7-15-16(10-13)26-22(30)25-15)18-17-8-9-23(31-17)12-27(21(29)19(18)23)14-4-2-1-3-5-14/h6-10,14,17-19H,1-5,11-12H2,(H,24,28)(H2,25,26,30)/t17-,18+,19+,23+/m1/s1. The quantitative estimate of drug-likeness (QED) is 0.651. The van der Waals surface area contributed by atoms with Gasteiger partial charge in [0.25, 0.3) is 0 Å². The van der Waals surface area contributed by atoms with Gasteiger partial charge in [0.1, 0.15) is 5.60 Å². The Bertz CT molecular complexity index is 1140. The van der Waals surface area contributed by atoms with Gasteiger partial charge in [-0.15, -0.1) is 0 Å². The van der Waals surface area contributed by atoms with Crippen LogP contribution in [0, 0.1) is 11.8 Å². The molecule has 2 bridgehead atoms. The van der Waals surface area contributed by atoms with Gasteiger partial charge in [0.2, 0.25) is 11.8 Å². The molecular formula is C23H26N4O4. The van der Waals surface area contributed by atoms with Crippen LogP contribution < -0.4 is 11.0 Å². The van der Waals surface area contributed by atoms with Gasteiger partial charge in [-0.2, -0.15) is 0 Å². The van der Waals surface area contributed by atoms with E-state index in [0.717, 1.165) is 36.8 Å². The second-order valence-corrected chi connectivity index (χ2v) is 9.33. The zero-order valence-corrected chi connectivity index (χ0v) is 17.2. The Kier molecular flexibility index (Phi) is 4.15. The first-order valence-electron chi connectivity index (χ1n) is 11.2. The maximum atomic E-state index is 13.4. The average Bonchev–Trinajstić information content (AvgIpc) is 3.51. The Morgan fingerprint density at radius 2 is 1.97 bits per heavy atom. The van der Waals surface area contributed by atoms with Crippen LogP contribution >= 0.6 is 0 Å². The van der Waals surface area contributed by atoms with Crippen molar-refractivity contribution < 1.29 is 14.3 Å². The second kappa shape index (κ2) is 6.82. The van der Waals surface area contributed by atoms with E-state index >= 15 is 0 Å². The van der Waals surface area contributed by atoms with Crippen LogP contribution in [0.25, 0.3) is 11.0 Å². The molecule has 3 aliphatic heterocycles. The van der Waals surface area contributed by atoms with Gasteiger partial charge in [0.05, 0.1) is 35.5 Å². The highest BCUT2D eigenvalue weighted by Crippen LogP contribution is 2.52. The number of benzene rings is 1. The molecule has 162 valence electrons. The molecule has 2 aromatic rings. The monoisotopic (exact) mass is 422 g/mol. The van der Waals surface area contributed by atoms with Gasteiger partial charge in [-0.25, -0.2) is 4.79 Å². The van der Waals surface area contributed by atoms with Crippen molar-refractivity contribution in [3.05, 3.63) is 46.4 Å². The molecule has 1 aromatic heterocycles. The lowest BCUT2D eigenvalue weighted by Crippen LogP contribution is -2.45. The Morgan fingerprint density at radius 3 is 2.81 bits per heavy atom. The number of likely N-dealkylation sites (tertiary alicyclic amines) is 1. The summed E-state index contributed by atoms with van der Waals surface area (Å²) in [6.45, 7) is 0.893. The Labute approximate surface area is 179 Å². The molecule has 0 radical (unpaired) electrons. The van der Waals surface area contributed by atoms with Crippen molar-refractivity contribution in [3.63, 3.8) is 0 Å². The van der Waals surface area contributed by atoms with Gasteiger partial charge in [-0.05, 0) is 30.5 Å². The van der Waals surface area contributed by atoms with E-state index < -0.39 is 17.4 Å². The SMILES string of the molecule is O=C(NCc1ccc2[nH]c(=O)[nH]c2c1)[C@@H]1[C@H]2C(=O)N(C3CCCCC3)C[C@@]23C=C[C@H]1O3. The molecule has 4 atom stereocenters. The van der Waals surface area contributed by atoms with Gasteiger partial charge >= 0.3 is 5.69 Å². The van der Waals surface area contributed by atoms with Crippen LogP contribution in [0.4, 0.5) is 0 Å². The minimum atomic E-state index is -0.648. The molecule has 0 unspecified atom stereocenters. The Morgan fingerprint density at radius 1 is 1.16 bits per heavy atom. The van der Waals surface area contributed by atoms with Crippen molar-refractivity contribution in [3.8, 4) is 0 Å². The lowest BCUT2D eigenvalue weighted by atomic mass is 9.77. The molecule has 2 saturated heterocycles. The number of aromatic nitrogens is 2. The second-order valence-electron chi connectivity index (χ2n) is 9.33. The third-order valence-corrected chi connectivity index (χ3v) is 7.49. The lowest BCUT2D eigenvalue weighted by molar-refractivity contribution is -0.139. The molecule has 6 rings (SSSR count). The van der Waals surface area contributed by atoms with Crippen LogP contribution in [0.1, 0.15) is 37.7 Å². The number of hydrogen-bond donors (Lipinski definition) is 3. The molecule has 31 heavy (non-hydrogen) atoms. The maximum Gasteiger partial charge on any atom is 0.323 e. The van der Waals surface area contributed by atoms with Crippen molar-refractivity contribution >= 4 is 22.8 Å². The van der Waals surface area contributed by atoms with Gasteiger partial charge in [0, 0.05) is 12.6 Å². The number of aromatic amines is 2. The molecule has 8 nitrogen and oxygen atoms in total. The highest BCUT2D eigenvalue weighted by atomic mass is 16.5. The summed E-state index contributed by atoms with van der Waals surface area (Å²) < 4.78 is 6.24. The average molecular weight is 422 g/mol. The molecule has 1 aromatic carbocycles. The number of imidazole rings is 1. The zero-order valence-electron chi connectivity index (χ0n) is 17.2. The smallest absolute Gasteiger partial charge is 0.323 e. The predicted molar refractivity (Wildman–Crippen MR) is 113 cm³/mol. The van der Waals surface area contributed by atoms with Crippen molar-refractivity contribution in [2.75, 3.05) is 6.54 Å². The molecule has 1 saturated carbocycles. The highest BCUT2D eigenvalue weighted by molar-refractivity contribution is 5.93. The number of carbonyl (C=O) groups is 2. The third-order valence-electron chi connectivity index (χ3n) is 7.49. The number of carbonyl (C=O) groups excluding carboxylic acids is 2. The first kappa shape index (κ1) is 18.9. The number of amides is 2. The molecule has 1 aliphatic carbocycles. The van der Waals surface area contributed by atoms with Crippen LogP contribution in [-0.4, -0.2) is 51.0 Å². The maximum absolute atomic E-state index is 13.4. The molecule has 1 spiro atoms. The van der Waals surface area contributed by atoms with Crippen molar-refractivity contribution in [2.45, 2.75) is 56.4 Å². The lowest BCUT2D eigenvalue weighted by Gasteiger charge is -2.32. The van der Waals surface area contributed by atoms with E-state index in [9.17, 15) is 14.4 Å². The zero-order chi connectivity index (χ0) is 21.2. The number of nitrogens with zero attached hydrogens (tertiary/aromatic N) is 1. The fraction of sp³-hybridized carbons (Fsp3) is 0.522. The number of rotatable bonds is 4. The summed E-state index contributed by atoms with van der Waals surface area (Å²) in [4.78, 5) is 45.5. The first-order chi connectivity index (χ1) is 15.0. The van der Waals surface area contributed by atoms with E-state index in [1.54, 1.807) is 0 Å². The molecule has 4 aliphatic rings. The number of fused-ring (bicyclic) bond motifs is 2. The van der Waals surface area contributed by atoms with Crippen LogP contribution in [0.15, 0.2) is 35.1 Å². The van der Waals surface area contributed by atoms with E-state index in [-0.39, 0.29) is 29.6 Å². The summed E-state index contributed by atoms with van der Waals surface area (Å²) in [7, 11) is 0. The topological polar surface area (TPSA) is 107 Å². The van der Waals surface area contributed by atoms with E-state index in [2.05, 4.69) is 15.3 Å². The van der Waals surface area contributed by atoms with Gasteiger partial charge in [0.15, 0.2) is 0 Å². The minimum Gasteiger partial charge on any atom is -0.360 e. The molecule has 8 heteroatoms. The predicted octanol–water partition coefficient (Wildman–Crippen LogP) is 1.59. The summed E-state index contributed by atoms with van der Waals surface area (Å²) in [6.07, 6.45) is 9.27. The number of ether oxygens (including phenoxy) is 1. The third kappa shape index (κ3) is 2.88. The van der Waals surface area contributed by atoms with Gasteiger partial charge in [-0.3, -0.25) is 9.59 Å². The fourth-order valence-corrected chi connectivity index (χ4v) is 6.03. The van der Waals surface area contributed by atoms with E-state index in [4.69, 9.17) is 4.74 Å². The van der Waals surface area contributed by atoms with Crippen LogP contribution in [0.2, 0.25) is 0 Å². The first-order valence-corrected chi connectivity index (χ1v) is 11.2. The van der Waals surface area contributed by atoms with Gasteiger partial charge in [-0.1, -0.05) is 37.5 Å². The summed E-state index contributed by atoms with van der Waals surface area (Å²) in [5, 5.41) is 3.00. The molecular weight excluding hydrogens is 396 g/mol. The van der Waals surface area contributed by atoms with Crippen molar-refractivity contribution in [1.82, 2.24) is 20.2 Å². The van der Waals surface area contributed by atoms with E-state index in [0.29, 0.717) is 18.6 Å². The number of nitrogens with one attached hydrogen (secondary N) is 3. The van der Waals surface area contributed by atoms with E-state index in [1.165, 1.54) is 6.42 Å². The van der Waals surface area contributed by atoms with Crippen molar-refractivity contribution in [1.29, 1.82) is 0 Å². The normalized spacial score (nSPS) is 32.2. The minimum absolute atomic E-state index is 0.0743. The van der Waals surface area contributed by atoms with Crippen molar-refractivity contribution in [2.24, 2.45) is 11.8 Å². The fourth-order valence-electron chi connectivity index (χ4n) is 6.03. The Hall–Kier alpha value is -2.87. The number of H-pyrrole nitrogens is 2. The van der Waals surface area contributed by atoms with Gasteiger partial charge < -0.3 is 24.9 Å². The van der Waals surface area contributed by atoms with Crippen LogP contribution in [-0.2, 0) is 20.9 Å². The molecule has 3 N–H and O–H groups in total. The number of hydrogen-bond acceptors (Lipinski definition) is 4. The van der Waals surface area contributed by atoms with Crippen LogP contribution in [0.5, 0.6) is 0 Å². The largest absolute Gasteiger partial charge is 0.360 e. The molecule has 4 heterocycles. The molecule has 3 fully saturated rings. The summed E-state index contributed by atoms with van der Waals surface area (Å²) in [5.41, 5.74) is 1.41. The van der Waals surface area contributed by atoms with Crippen LogP contribution in [0.3, 0.4) is 0 Å². The summed E-state index contributed by atoms with van der Waals surface area (Å²) in [6, 6.07) is 5.81. The van der Waals surface area contributed by atoms with E-state index in [1.807, 2.05) is 35.3 Å². The summed E-state index contributed by atoms with van der Waals surface area (Å²) >= 11 is 0. The molecule has 2 amide bonds. The Balaban J connectivity index is 1.19. The highest BCUT2D eigenvalue weighted by Gasteiger charge is 2.67. The summed E-state index contributed by atoms with van der Waals surface area (Å²) in [5.74, 6) is -1.01.